The number of hydrogen-bond acceptors (Lipinski definition) is 3. The molecule has 3 N–H and O–H groups in total. The molecule has 0 bridgehead atoms. The van der Waals surface area contributed by atoms with E-state index in [1.165, 1.54) is 0 Å². The van der Waals surface area contributed by atoms with Crippen molar-refractivity contribution in [2.75, 3.05) is 11.9 Å². The summed E-state index contributed by atoms with van der Waals surface area (Å²) in [4.78, 5) is 12.6. The van der Waals surface area contributed by atoms with E-state index in [9.17, 15) is 4.79 Å². The number of aromatic nitrogens is 2. The molecule has 0 radical (unpaired) electrons. The van der Waals surface area contributed by atoms with Crippen LogP contribution in [0.1, 0.15) is 17.4 Å². The van der Waals surface area contributed by atoms with E-state index in [0.717, 1.165) is 22.6 Å². The van der Waals surface area contributed by atoms with Crippen molar-refractivity contribution in [3.05, 3.63) is 95.4 Å². The number of amides is 1. The monoisotopic (exact) mass is 421 g/mol. The van der Waals surface area contributed by atoms with Gasteiger partial charge in [-0.05, 0) is 24.3 Å². The number of nitrogens with one attached hydrogen (secondary N) is 1. The number of carbonyl (C=O) groups excluding carboxylic acids is 1. The van der Waals surface area contributed by atoms with Gasteiger partial charge in [-0.2, -0.15) is 5.10 Å². The number of rotatable bonds is 7. The van der Waals surface area contributed by atoms with Crippen LogP contribution in [-0.4, -0.2) is 22.2 Å². The molecule has 0 unspecified atom stereocenters. The summed E-state index contributed by atoms with van der Waals surface area (Å²) in [5, 5.41) is 10.0. The summed E-state index contributed by atoms with van der Waals surface area (Å²) >= 11 is 5.95. The zero-order valence-corrected chi connectivity index (χ0v) is 17.2. The highest BCUT2D eigenvalue weighted by molar-refractivity contribution is 6.30. The number of carbonyl (C=O) groups is 1. The summed E-state index contributed by atoms with van der Waals surface area (Å²) in [6.07, 6.45) is 1.65. The third-order valence-corrected chi connectivity index (χ3v) is 5.09. The van der Waals surface area contributed by atoms with Crippen LogP contribution in [0.25, 0.3) is 11.3 Å². The van der Waals surface area contributed by atoms with E-state index in [-0.39, 0.29) is 18.5 Å². The van der Waals surface area contributed by atoms with E-state index >= 15 is 0 Å². The van der Waals surface area contributed by atoms with Gasteiger partial charge in [0.15, 0.2) is 18.3 Å². The maximum atomic E-state index is 12.6. The topological polar surface area (TPSA) is 76.7 Å². The van der Waals surface area contributed by atoms with Crippen LogP contribution in [0.5, 0.6) is 0 Å². The number of halogens is 1. The maximum Gasteiger partial charge on any atom is 0.280 e. The molecule has 4 rings (SSSR count). The third-order valence-electron chi connectivity index (χ3n) is 4.83. The lowest BCUT2D eigenvalue weighted by Gasteiger charge is -2.13. The molecular weight excluding hydrogens is 400 g/mol. The van der Waals surface area contributed by atoms with Gasteiger partial charge in [-0.15, -0.1) is 0 Å². The molecule has 0 fully saturated rings. The number of nitrogens with zero attached hydrogens (tertiary/aromatic N) is 2. The molecule has 0 saturated carbocycles. The molecule has 4 aromatic rings. The van der Waals surface area contributed by atoms with Crippen LogP contribution < -0.4 is 10.6 Å². The maximum absolute atomic E-state index is 12.6. The standard InChI is InChI=1S/C23H21ClN4O2/c1-28-21(14-19(27-28)16-9-11-18(24)12-10-16)26-22(29)15-25-23(20-8-5-13-30-20)17-6-3-2-4-7-17/h2-14,23,25H,15H2,1H3,(H,26,29)/p+1/t23-/m1/s1. The summed E-state index contributed by atoms with van der Waals surface area (Å²) in [5.74, 6) is 1.32. The van der Waals surface area contributed by atoms with Gasteiger partial charge in [0.2, 0.25) is 0 Å². The first kappa shape index (κ1) is 19.9. The highest BCUT2D eigenvalue weighted by Gasteiger charge is 2.22. The van der Waals surface area contributed by atoms with Crippen molar-refractivity contribution in [2.45, 2.75) is 6.04 Å². The molecule has 152 valence electrons. The molecular formula is C23H22ClN4O2+. The van der Waals surface area contributed by atoms with Crippen molar-refractivity contribution in [1.29, 1.82) is 0 Å². The molecule has 1 atom stereocenters. The Morgan fingerprint density at radius 3 is 2.60 bits per heavy atom. The van der Waals surface area contributed by atoms with E-state index in [4.69, 9.17) is 16.0 Å². The molecule has 2 aromatic heterocycles. The largest absolute Gasteiger partial charge is 0.463 e. The van der Waals surface area contributed by atoms with Crippen molar-refractivity contribution in [1.82, 2.24) is 9.78 Å². The fraction of sp³-hybridized carbons (Fsp3) is 0.130. The molecule has 2 aromatic carbocycles. The van der Waals surface area contributed by atoms with Crippen LogP contribution in [-0.2, 0) is 11.8 Å². The van der Waals surface area contributed by atoms with Crippen LogP contribution in [0.2, 0.25) is 5.02 Å². The Bertz CT molecular complexity index is 1110. The highest BCUT2D eigenvalue weighted by atomic mass is 35.5. The SMILES string of the molecule is Cn1nc(-c2ccc(Cl)cc2)cc1NC(=O)C[NH2+][C@H](c1ccccc1)c1ccco1. The molecule has 2 heterocycles. The van der Waals surface area contributed by atoms with E-state index < -0.39 is 0 Å². The third kappa shape index (κ3) is 4.62. The Labute approximate surface area is 179 Å². The second-order valence-electron chi connectivity index (χ2n) is 6.94. The minimum Gasteiger partial charge on any atom is -0.463 e. The van der Waals surface area contributed by atoms with Crippen molar-refractivity contribution in [3.63, 3.8) is 0 Å². The molecule has 30 heavy (non-hydrogen) atoms. The van der Waals surface area contributed by atoms with Crippen molar-refractivity contribution in [2.24, 2.45) is 7.05 Å². The van der Waals surface area contributed by atoms with Gasteiger partial charge >= 0.3 is 0 Å². The van der Waals surface area contributed by atoms with Crippen LogP contribution >= 0.6 is 11.6 Å². The Kier molecular flexibility index (Phi) is 5.97. The molecule has 0 aliphatic carbocycles. The lowest BCUT2D eigenvalue weighted by molar-refractivity contribution is -0.678. The summed E-state index contributed by atoms with van der Waals surface area (Å²) < 4.78 is 7.25. The van der Waals surface area contributed by atoms with Gasteiger partial charge < -0.3 is 15.1 Å². The number of furan rings is 1. The summed E-state index contributed by atoms with van der Waals surface area (Å²) in [6, 6.07) is 23.0. The smallest absolute Gasteiger partial charge is 0.280 e. The second kappa shape index (κ2) is 8.98. The Morgan fingerprint density at radius 1 is 1.13 bits per heavy atom. The van der Waals surface area contributed by atoms with Crippen molar-refractivity contribution < 1.29 is 14.5 Å². The number of anilines is 1. The summed E-state index contributed by atoms with van der Waals surface area (Å²) in [5.41, 5.74) is 2.78. The minimum atomic E-state index is -0.117. The fourth-order valence-electron chi connectivity index (χ4n) is 3.31. The predicted octanol–water partition coefficient (Wildman–Crippen LogP) is 3.63. The van der Waals surface area contributed by atoms with Gasteiger partial charge in [0.25, 0.3) is 5.91 Å². The first-order chi connectivity index (χ1) is 14.6. The predicted molar refractivity (Wildman–Crippen MR) is 116 cm³/mol. The van der Waals surface area contributed by atoms with Gasteiger partial charge in [0, 0.05) is 29.3 Å². The molecule has 0 aliphatic rings. The Morgan fingerprint density at radius 2 is 1.90 bits per heavy atom. The quantitative estimate of drug-likeness (QED) is 0.478. The van der Waals surface area contributed by atoms with Gasteiger partial charge in [-0.3, -0.25) is 9.48 Å². The molecule has 6 nitrogen and oxygen atoms in total. The number of aryl methyl sites for hydroxylation is 1. The van der Waals surface area contributed by atoms with Gasteiger partial charge in [-0.1, -0.05) is 54.1 Å². The van der Waals surface area contributed by atoms with Gasteiger partial charge in [0.05, 0.1) is 12.0 Å². The van der Waals surface area contributed by atoms with E-state index in [1.807, 2.05) is 78.1 Å². The average molecular weight is 422 g/mol. The van der Waals surface area contributed by atoms with Crippen molar-refractivity contribution >= 4 is 23.3 Å². The van der Waals surface area contributed by atoms with Crippen LogP contribution in [0.15, 0.2) is 83.5 Å². The second-order valence-corrected chi connectivity index (χ2v) is 7.37. The van der Waals surface area contributed by atoms with Gasteiger partial charge in [0.1, 0.15) is 5.82 Å². The first-order valence-electron chi connectivity index (χ1n) is 9.61. The molecule has 1 amide bonds. The zero-order chi connectivity index (χ0) is 20.9. The molecule has 7 heteroatoms. The summed E-state index contributed by atoms with van der Waals surface area (Å²) in [6.45, 7) is 0.238. The van der Waals surface area contributed by atoms with E-state index in [2.05, 4.69) is 10.4 Å². The van der Waals surface area contributed by atoms with E-state index in [1.54, 1.807) is 18.0 Å². The van der Waals surface area contributed by atoms with Crippen LogP contribution in [0.4, 0.5) is 5.82 Å². The number of nitrogens with two attached hydrogens (primary N) is 1. The number of benzene rings is 2. The van der Waals surface area contributed by atoms with Crippen molar-refractivity contribution in [3.8, 4) is 11.3 Å². The fourth-order valence-corrected chi connectivity index (χ4v) is 3.44. The minimum absolute atomic E-state index is 0.0943. The lowest BCUT2D eigenvalue weighted by atomic mass is 10.0. The first-order valence-corrected chi connectivity index (χ1v) is 9.99. The normalized spacial score (nSPS) is 11.9. The average Bonchev–Trinajstić information content (AvgIpc) is 3.40. The van der Waals surface area contributed by atoms with Crippen LogP contribution in [0.3, 0.4) is 0 Å². The van der Waals surface area contributed by atoms with E-state index in [0.29, 0.717) is 10.8 Å². The highest BCUT2D eigenvalue weighted by Crippen LogP contribution is 2.23. The summed E-state index contributed by atoms with van der Waals surface area (Å²) in [7, 11) is 1.80. The molecule has 0 spiro atoms. The van der Waals surface area contributed by atoms with Gasteiger partial charge in [-0.25, -0.2) is 0 Å². The van der Waals surface area contributed by atoms with Crippen LogP contribution in [0, 0.1) is 0 Å². The molecule has 0 saturated heterocycles. The lowest BCUT2D eigenvalue weighted by Crippen LogP contribution is -2.87. The molecule has 0 aliphatic heterocycles. The number of quaternary nitrogens is 1. The zero-order valence-electron chi connectivity index (χ0n) is 16.5. The Hall–Kier alpha value is -3.35. The Balaban J connectivity index is 1.43. The number of hydrogen-bond donors (Lipinski definition) is 2.